The van der Waals surface area contributed by atoms with Crippen molar-refractivity contribution >= 4 is 0 Å². The second-order valence-corrected chi connectivity index (χ2v) is 7.14. The maximum atomic E-state index is 10.8. The molecule has 132 valence electrons. The molecule has 0 aliphatic rings. The second-order valence-electron chi connectivity index (χ2n) is 7.14. The Morgan fingerprint density at radius 3 is 2.09 bits per heavy atom. The molecule has 1 rings (SSSR count). The van der Waals surface area contributed by atoms with Crippen LogP contribution >= 0.6 is 0 Å². The number of phenolic OH excluding ortho intramolecular Hbond substituents is 1. The molecule has 0 heterocycles. The van der Waals surface area contributed by atoms with E-state index in [0.29, 0.717) is 17.6 Å². The molecule has 0 radical (unpaired) electrons. The van der Waals surface area contributed by atoms with E-state index in [1.807, 2.05) is 0 Å². The van der Waals surface area contributed by atoms with Gasteiger partial charge in [0, 0.05) is 0 Å². The van der Waals surface area contributed by atoms with Crippen molar-refractivity contribution in [3.05, 3.63) is 29.3 Å². The highest BCUT2D eigenvalue weighted by molar-refractivity contribution is 5.44. The topological polar surface area (TPSA) is 20.2 Å². The fourth-order valence-electron chi connectivity index (χ4n) is 3.56. The number of para-hydroxylation sites is 1. The smallest absolute Gasteiger partial charge is 0.122 e. The van der Waals surface area contributed by atoms with Gasteiger partial charge < -0.3 is 5.11 Å². The van der Waals surface area contributed by atoms with Crippen molar-refractivity contribution in [1.29, 1.82) is 0 Å². The molecule has 0 amide bonds. The molecule has 23 heavy (non-hydrogen) atoms. The van der Waals surface area contributed by atoms with Gasteiger partial charge in [0.25, 0.3) is 0 Å². The van der Waals surface area contributed by atoms with Crippen LogP contribution in [0.15, 0.2) is 18.2 Å². The molecular formula is C22H38O. The first-order valence-electron chi connectivity index (χ1n) is 9.97. The lowest BCUT2D eigenvalue weighted by molar-refractivity contribution is 0.437. The van der Waals surface area contributed by atoms with E-state index in [9.17, 15) is 5.11 Å². The van der Waals surface area contributed by atoms with Crippen molar-refractivity contribution in [2.75, 3.05) is 0 Å². The lowest BCUT2D eigenvalue weighted by Crippen LogP contribution is -2.02. The lowest BCUT2D eigenvalue weighted by atomic mass is 9.86. The van der Waals surface area contributed by atoms with E-state index >= 15 is 0 Å². The maximum Gasteiger partial charge on any atom is 0.122 e. The summed E-state index contributed by atoms with van der Waals surface area (Å²) >= 11 is 0. The third-order valence-electron chi connectivity index (χ3n) is 5.21. The Balaban J connectivity index is 2.75. The standard InChI is InChI=1S/C22H38O/c1-5-8-10-12-14-18(4)20-16-13-17-21(22(20)23)19(7-3)15-11-9-6-2/h13,16-19,23H,5-12,14-15H2,1-4H3. The summed E-state index contributed by atoms with van der Waals surface area (Å²) in [7, 11) is 0. The van der Waals surface area contributed by atoms with Crippen molar-refractivity contribution < 1.29 is 5.11 Å². The van der Waals surface area contributed by atoms with Crippen LogP contribution in [0.4, 0.5) is 0 Å². The molecule has 1 heteroatoms. The summed E-state index contributed by atoms with van der Waals surface area (Å²) in [5.74, 6) is 1.55. The molecule has 0 saturated heterocycles. The number of unbranched alkanes of at least 4 members (excludes halogenated alkanes) is 5. The zero-order valence-corrected chi connectivity index (χ0v) is 15.9. The van der Waals surface area contributed by atoms with Gasteiger partial charge in [0.05, 0.1) is 0 Å². The molecule has 0 bridgehead atoms. The van der Waals surface area contributed by atoms with E-state index in [-0.39, 0.29) is 0 Å². The van der Waals surface area contributed by atoms with E-state index in [2.05, 4.69) is 45.9 Å². The van der Waals surface area contributed by atoms with Gasteiger partial charge in [-0.2, -0.15) is 0 Å². The summed E-state index contributed by atoms with van der Waals surface area (Å²) in [5, 5.41) is 10.8. The molecule has 0 aliphatic carbocycles. The first-order valence-corrected chi connectivity index (χ1v) is 9.97. The number of benzene rings is 1. The van der Waals surface area contributed by atoms with E-state index in [1.165, 1.54) is 63.4 Å². The maximum absolute atomic E-state index is 10.8. The highest BCUT2D eigenvalue weighted by Crippen LogP contribution is 2.38. The quantitative estimate of drug-likeness (QED) is 0.395. The number of hydrogen-bond donors (Lipinski definition) is 1. The van der Waals surface area contributed by atoms with Gasteiger partial charge in [-0.15, -0.1) is 0 Å². The summed E-state index contributed by atoms with van der Waals surface area (Å²) in [4.78, 5) is 0. The molecule has 1 nitrogen and oxygen atoms in total. The summed E-state index contributed by atoms with van der Waals surface area (Å²) in [6, 6.07) is 6.42. The van der Waals surface area contributed by atoms with Gasteiger partial charge >= 0.3 is 0 Å². The molecule has 2 unspecified atom stereocenters. The van der Waals surface area contributed by atoms with E-state index in [4.69, 9.17) is 0 Å². The summed E-state index contributed by atoms with van der Waals surface area (Å²) in [5.41, 5.74) is 2.34. The molecule has 0 saturated carbocycles. The molecule has 2 atom stereocenters. The summed E-state index contributed by atoms with van der Waals surface area (Å²) in [6.07, 6.45) is 12.5. The van der Waals surface area contributed by atoms with Crippen LogP contribution in [-0.4, -0.2) is 5.11 Å². The van der Waals surface area contributed by atoms with Crippen LogP contribution in [0.3, 0.4) is 0 Å². The fourth-order valence-corrected chi connectivity index (χ4v) is 3.56. The highest BCUT2D eigenvalue weighted by atomic mass is 16.3. The Morgan fingerprint density at radius 1 is 0.826 bits per heavy atom. The van der Waals surface area contributed by atoms with Crippen LogP contribution < -0.4 is 0 Å². The first-order chi connectivity index (χ1) is 11.2. The Labute approximate surface area is 144 Å². The molecule has 1 aromatic carbocycles. The summed E-state index contributed by atoms with van der Waals surface area (Å²) in [6.45, 7) is 9.02. The van der Waals surface area contributed by atoms with E-state index in [0.717, 1.165) is 12.0 Å². The highest BCUT2D eigenvalue weighted by Gasteiger charge is 2.18. The van der Waals surface area contributed by atoms with Gasteiger partial charge in [-0.05, 0) is 42.2 Å². The van der Waals surface area contributed by atoms with Crippen molar-refractivity contribution in [2.24, 2.45) is 0 Å². The molecular weight excluding hydrogens is 280 g/mol. The zero-order chi connectivity index (χ0) is 17.1. The minimum Gasteiger partial charge on any atom is -0.507 e. The van der Waals surface area contributed by atoms with Crippen molar-refractivity contribution in [3.63, 3.8) is 0 Å². The van der Waals surface area contributed by atoms with E-state index < -0.39 is 0 Å². The van der Waals surface area contributed by atoms with Crippen molar-refractivity contribution in [2.45, 2.75) is 104 Å². The SMILES string of the molecule is CCCCCCC(C)c1cccc(C(CC)CCCCC)c1O. The number of rotatable bonds is 12. The van der Waals surface area contributed by atoms with E-state index in [1.54, 1.807) is 0 Å². The first kappa shape index (κ1) is 20.1. The Bertz CT molecular complexity index is 424. The van der Waals surface area contributed by atoms with Crippen LogP contribution in [-0.2, 0) is 0 Å². The lowest BCUT2D eigenvalue weighted by Gasteiger charge is -2.21. The summed E-state index contributed by atoms with van der Waals surface area (Å²) < 4.78 is 0. The monoisotopic (exact) mass is 318 g/mol. The molecule has 0 aliphatic heterocycles. The van der Waals surface area contributed by atoms with Crippen LogP contribution in [0, 0.1) is 0 Å². The molecule has 0 spiro atoms. The predicted octanol–water partition coefficient (Wildman–Crippen LogP) is 7.54. The predicted molar refractivity (Wildman–Crippen MR) is 102 cm³/mol. The number of aromatic hydroxyl groups is 1. The Hall–Kier alpha value is -0.980. The molecule has 1 N–H and O–H groups in total. The van der Waals surface area contributed by atoms with Crippen LogP contribution in [0.1, 0.15) is 115 Å². The normalized spacial score (nSPS) is 13.9. The zero-order valence-electron chi connectivity index (χ0n) is 15.9. The average Bonchev–Trinajstić information content (AvgIpc) is 2.56. The molecule has 0 aromatic heterocycles. The fraction of sp³-hybridized carbons (Fsp3) is 0.727. The minimum absolute atomic E-state index is 0.458. The van der Waals surface area contributed by atoms with Gasteiger partial charge in [0.2, 0.25) is 0 Å². The number of hydrogen-bond acceptors (Lipinski definition) is 1. The van der Waals surface area contributed by atoms with Gasteiger partial charge in [-0.1, -0.05) is 90.8 Å². The second kappa shape index (κ2) is 11.5. The van der Waals surface area contributed by atoms with Gasteiger partial charge in [0.15, 0.2) is 0 Å². The van der Waals surface area contributed by atoms with Crippen LogP contribution in [0.2, 0.25) is 0 Å². The van der Waals surface area contributed by atoms with Gasteiger partial charge in [-0.25, -0.2) is 0 Å². The Kier molecular flexibility index (Phi) is 10.1. The van der Waals surface area contributed by atoms with Crippen molar-refractivity contribution in [1.82, 2.24) is 0 Å². The van der Waals surface area contributed by atoms with Gasteiger partial charge in [0.1, 0.15) is 5.75 Å². The van der Waals surface area contributed by atoms with Gasteiger partial charge in [-0.3, -0.25) is 0 Å². The van der Waals surface area contributed by atoms with Crippen LogP contribution in [0.5, 0.6) is 5.75 Å². The van der Waals surface area contributed by atoms with Crippen LogP contribution in [0.25, 0.3) is 0 Å². The third kappa shape index (κ3) is 6.57. The van der Waals surface area contributed by atoms with Crippen molar-refractivity contribution in [3.8, 4) is 5.75 Å². The average molecular weight is 319 g/mol. The molecule has 0 fully saturated rings. The largest absolute Gasteiger partial charge is 0.507 e. The minimum atomic E-state index is 0.458. The number of phenols is 1. The molecule has 1 aromatic rings. The third-order valence-corrected chi connectivity index (χ3v) is 5.21. The Morgan fingerprint density at radius 2 is 1.43 bits per heavy atom.